The molecule has 0 fully saturated rings. The summed E-state index contributed by atoms with van der Waals surface area (Å²) >= 11 is 4.89. The van der Waals surface area contributed by atoms with E-state index in [4.69, 9.17) is 18.0 Å². The number of aryl methyl sites for hydroxylation is 1. The third-order valence-electron chi connectivity index (χ3n) is 2.54. The summed E-state index contributed by atoms with van der Waals surface area (Å²) in [5.74, 6) is 0.280. The lowest BCUT2D eigenvalue weighted by atomic mass is 10.1. The van der Waals surface area contributed by atoms with Gasteiger partial charge >= 0.3 is 0 Å². The second-order valence-electron chi connectivity index (χ2n) is 4.06. The molecule has 2 aromatic rings. The SMILES string of the molecule is Cc1cccc(NC(=O)c2cccc(C(N)=S)c2)n1. The van der Waals surface area contributed by atoms with Crippen molar-refractivity contribution in [1.82, 2.24) is 4.98 Å². The molecule has 0 aliphatic rings. The van der Waals surface area contributed by atoms with Crippen LogP contribution in [0.3, 0.4) is 0 Å². The van der Waals surface area contributed by atoms with Crippen LogP contribution in [0, 0.1) is 6.92 Å². The van der Waals surface area contributed by atoms with E-state index >= 15 is 0 Å². The molecule has 0 spiro atoms. The Bertz CT molecular complexity index is 640. The van der Waals surface area contributed by atoms with E-state index in [0.29, 0.717) is 16.9 Å². The number of hydrogen-bond acceptors (Lipinski definition) is 3. The monoisotopic (exact) mass is 271 g/mol. The summed E-state index contributed by atoms with van der Waals surface area (Å²) in [6.07, 6.45) is 0. The standard InChI is InChI=1S/C14H13N3OS/c1-9-4-2-7-12(16-9)17-14(18)11-6-3-5-10(8-11)13(15)19/h2-8H,1H3,(H2,15,19)(H,16,17,18). The van der Waals surface area contributed by atoms with Crippen molar-refractivity contribution < 1.29 is 4.79 Å². The van der Waals surface area contributed by atoms with Gasteiger partial charge in [0, 0.05) is 16.8 Å². The van der Waals surface area contributed by atoms with Gasteiger partial charge in [-0.25, -0.2) is 4.98 Å². The number of amides is 1. The molecule has 0 saturated heterocycles. The number of carbonyl (C=O) groups is 1. The average Bonchev–Trinajstić information content (AvgIpc) is 2.39. The summed E-state index contributed by atoms with van der Waals surface area (Å²) in [5.41, 5.74) is 7.55. The van der Waals surface area contributed by atoms with Crippen molar-refractivity contribution >= 4 is 28.9 Å². The van der Waals surface area contributed by atoms with Gasteiger partial charge in [-0.2, -0.15) is 0 Å². The van der Waals surface area contributed by atoms with Crippen LogP contribution in [0.25, 0.3) is 0 Å². The van der Waals surface area contributed by atoms with E-state index in [1.165, 1.54) is 0 Å². The number of hydrogen-bond donors (Lipinski definition) is 2. The second kappa shape index (κ2) is 5.58. The van der Waals surface area contributed by atoms with Gasteiger partial charge in [0.2, 0.25) is 0 Å². The molecule has 0 atom stereocenters. The Morgan fingerprint density at radius 1 is 1.21 bits per heavy atom. The van der Waals surface area contributed by atoms with Crippen LogP contribution in [0.1, 0.15) is 21.6 Å². The zero-order valence-electron chi connectivity index (χ0n) is 10.4. The number of nitrogens with two attached hydrogens (primary N) is 1. The highest BCUT2D eigenvalue weighted by Gasteiger charge is 2.08. The first-order valence-electron chi connectivity index (χ1n) is 5.71. The Labute approximate surface area is 116 Å². The van der Waals surface area contributed by atoms with Crippen LogP contribution in [0.5, 0.6) is 0 Å². The van der Waals surface area contributed by atoms with Crippen LogP contribution in [0.15, 0.2) is 42.5 Å². The highest BCUT2D eigenvalue weighted by atomic mass is 32.1. The van der Waals surface area contributed by atoms with Gasteiger partial charge in [0.25, 0.3) is 5.91 Å². The van der Waals surface area contributed by atoms with E-state index in [9.17, 15) is 4.79 Å². The largest absolute Gasteiger partial charge is 0.389 e. The molecule has 1 heterocycles. The second-order valence-corrected chi connectivity index (χ2v) is 4.50. The van der Waals surface area contributed by atoms with Gasteiger partial charge in [0.1, 0.15) is 10.8 Å². The molecule has 1 aromatic carbocycles. The van der Waals surface area contributed by atoms with E-state index in [-0.39, 0.29) is 10.9 Å². The minimum atomic E-state index is -0.240. The van der Waals surface area contributed by atoms with Crippen LogP contribution >= 0.6 is 12.2 Å². The number of nitrogens with zero attached hydrogens (tertiary/aromatic N) is 1. The lowest BCUT2D eigenvalue weighted by Crippen LogP contribution is -2.15. The maximum absolute atomic E-state index is 12.1. The number of pyridine rings is 1. The maximum atomic E-state index is 12.1. The minimum Gasteiger partial charge on any atom is -0.389 e. The number of carbonyl (C=O) groups excluding carboxylic acids is 1. The molecule has 0 radical (unpaired) electrons. The van der Waals surface area contributed by atoms with E-state index in [0.717, 1.165) is 5.69 Å². The maximum Gasteiger partial charge on any atom is 0.256 e. The molecular formula is C14H13N3OS. The fourth-order valence-electron chi connectivity index (χ4n) is 1.61. The molecule has 3 N–H and O–H groups in total. The van der Waals surface area contributed by atoms with E-state index in [1.54, 1.807) is 30.3 Å². The first kappa shape index (κ1) is 13.2. The topological polar surface area (TPSA) is 68.0 Å². The molecule has 1 amide bonds. The molecule has 19 heavy (non-hydrogen) atoms. The number of anilines is 1. The third-order valence-corrected chi connectivity index (χ3v) is 2.77. The third kappa shape index (κ3) is 3.35. The van der Waals surface area contributed by atoms with Crippen LogP contribution < -0.4 is 11.1 Å². The molecule has 0 bridgehead atoms. The molecule has 5 heteroatoms. The van der Waals surface area contributed by atoms with Gasteiger partial charge in [-0.05, 0) is 31.2 Å². The van der Waals surface area contributed by atoms with Crippen LogP contribution in [-0.4, -0.2) is 15.9 Å². The van der Waals surface area contributed by atoms with Crippen LogP contribution in [0.2, 0.25) is 0 Å². The fourth-order valence-corrected chi connectivity index (χ4v) is 1.74. The van der Waals surface area contributed by atoms with Gasteiger partial charge in [0.05, 0.1) is 0 Å². The summed E-state index contributed by atoms with van der Waals surface area (Å²) in [7, 11) is 0. The zero-order chi connectivity index (χ0) is 13.8. The molecule has 1 aromatic heterocycles. The summed E-state index contributed by atoms with van der Waals surface area (Å²) in [6.45, 7) is 1.86. The lowest BCUT2D eigenvalue weighted by molar-refractivity contribution is 0.102. The van der Waals surface area contributed by atoms with Crippen molar-refractivity contribution in [2.24, 2.45) is 5.73 Å². The van der Waals surface area contributed by atoms with Gasteiger partial charge in [0.15, 0.2) is 0 Å². The van der Waals surface area contributed by atoms with Gasteiger partial charge in [-0.15, -0.1) is 0 Å². The first-order valence-corrected chi connectivity index (χ1v) is 6.12. The van der Waals surface area contributed by atoms with E-state index < -0.39 is 0 Å². The smallest absolute Gasteiger partial charge is 0.256 e. The molecule has 4 nitrogen and oxygen atoms in total. The Morgan fingerprint density at radius 2 is 1.89 bits per heavy atom. The quantitative estimate of drug-likeness (QED) is 0.840. The number of nitrogens with one attached hydrogen (secondary N) is 1. The van der Waals surface area contributed by atoms with Crippen molar-refractivity contribution in [1.29, 1.82) is 0 Å². The minimum absolute atomic E-state index is 0.240. The molecule has 0 unspecified atom stereocenters. The predicted octanol–water partition coefficient (Wildman–Crippen LogP) is 2.28. The summed E-state index contributed by atoms with van der Waals surface area (Å²) in [4.78, 5) is 16.5. The zero-order valence-corrected chi connectivity index (χ0v) is 11.2. The van der Waals surface area contributed by atoms with Crippen molar-refractivity contribution in [3.05, 3.63) is 59.3 Å². The summed E-state index contributed by atoms with van der Waals surface area (Å²) in [5, 5.41) is 2.73. The Balaban J connectivity index is 2.20. The summed E-state index contributed by atoms with van der Waals surface area (Å²) in [6, 6.07) is 12.3. The molecule has 2 rings (SSSR count). The lowest BCUT2D eigenvalue weighted by Gasteiger charge is -2.06. The highest BCUT2D eigenvalue weighted by molar-refractivity contribution is 7.80. The van der Waals surface area contributed by atoms with Crippen molar-refractivity contribution in [3.63, 3.8) is 0 Å². The van der Waals surface area contributed by atoms with Crippen molar-refractivity contribution in [2.45, 2.75) is 6.92 Å². The number of aromatic nitrogens is 1. The Morgan fingerprint density at radius 3 is 2.58 bits per heavy atom. The van der Waals surface area contributed by atoms with Crippen molar-refractivity contribution in [3.8, 4) is 0 Å². The molecule has 0 aliphatic carbocycles. The summed E-state index contributed by atoms with van der Waals surface area (Å²) < 4.78 is 0. The van der Waals surface area contributed by atoms with Gasteiger partial charge < -0.3 is 11.1 Å². The number of benzene rings is 1. The van der Waals surface area contributed by atoms with E-state index in [2.05, 4.69) is 10.3 Å². The first-order chi connectivity index (χ1) is 9.06. The molecule has 96 valence electrons. The highest BCUT2D eigenvalue weighted by Crippen LogP contribution is 2.09. The van der Waals surface area contributed by atoms with Crippen LogP contribution in [0.4, 0.5) is 5.82 Å². The number of rotatable bonds is 3. The Kier molecular flexibility index (Phi) is 3.87. The fraction of sp³-hybridized carbons (Fsp3) is 0.0714. The van der Waals surface area contributed by atoms with Crippen LogP contribution in [-0.2, 0) is 0 Å². The van der Waals surface area contributed by atoms with Gasteiger partial charge in [-0.3, -0.25) is 4.79 Å². The van der Waals surface area contributed by atoms with Gasteiger partial charge in [-0.1, -0.05) is 30.4 Å². The van der Waals surface area contributed by atoms with E-state index in [1.807, 2.05) is 19.1 Å². The number of thiocarbonyl (C=S) groups is 1. The Hall–Kier alpha value is -2.27. The molecular weight excluding hydrogens is 258 g/mol. The predicted molar refractivity (Wildman–Crippen MR) is 79.3 cm³/mol. The normalized spacial score (nSPS) is 9.95. The van der Waals surface area contributed by atoms with Crippen molar-refractivity contribution in [2.75, 3.05) is 5.32 Å². The molecule has 0 aliphatic heterocycles. The molecule has 0 saturated carbocycles. The average molecular weight is 271 g/mol.